The number of rotatable bonds is 4. The van der Waals surface area contributed by atoms with Crippen LogP contribution < -0.4 is 4.74 Å². The number of hydrogen-bond donors (Lipinski definition) is 0. The number of benzene rings is 1. The van der Waals surface area contributed by atoms with Crippen LogP contribution in [0, 0.1) is 11.3 Å². The highest BCUT2D eigenvalue weighted by Gasteiger charge is 2.15. The van der Waals surface area contributed by atoms with E-state index < -0.39 is 0 Å². The zero-order chi connectivity index (χ0) is 12.1. The molecule has 0 saturated carbocycles. The van der Waals surface area contributed by atoms with Crippen LogP contribution in [0.5, 0.6) is 5.75 Å². The van der Waals surface area contributed by atoms with Gasteiger partial charge in [0.2, 0.25) is 0 Å². The molecule has 0 aliphatic rings. The Bertz CT molecular complexity index is 472. The molecule has 0 bridgehead atoms. The molecular formula is C12H11NO3. The van der Waals surface area contributed by atoms with E-state index in [1.165, 1.54) is 19.1 Å². The molecule has 0 aromatic heterocycles. The second-order valence-electron chi connectivity index (χ2n) is 3.16. The molecule has 0 fully saturated rings. The summed E-state index contributed by atoms with van der Waals surface area (Å²) in [4.78, 5) is 22.2. The third-order valence-corrected chi connectivity index (χ3v) is 2.04. The first kappa shape index (κ1) is 11.9. The van der Waals surface area contributed by atoms with Crippen molar-refractivity contribution in [1.82, 2.24) is 0 Å². The summed E-state index contributed by atoms with van der Waals surface area (Å²) in [6.07, 6.45) is 0.556. The second kappa shape index (κ2) is 5.08. The van der Waals surface area contributed by atoms with Crippen LogP contribution in [-0.2, 0) is 0 Å². The van der Waals surface area contributed by atoms with Crippen molar-refractivity contribution in [2.75, 3.05) is 6.61 Å². The number of ketones is 1. The number of ether oxygens (including phenoxy) is 1. The van der Waals surface area contributed by atoms with E-state index in [0.717, 1.165) is 0 Å². The van der Waals surface area contributed by atoms with Gasteiger partial charge in [0.25, 0.3) is 0 Å². The smallest absolute Gasteiger partial charge is 0.164 e. The predicted octanol–water partition coefficient (Wildman–Crippen LogP) is 1.97. The number of nitrogens with zero attached hydrogens (tertiary/aromatic N) is 1. The largest absolute Gasteiger partial charge is 0.493 e. The molecule has 82 valence electrons. The van der Waals surface area contributed by atoms with E-state index in [2.05, 4.69) is 0 Å². The van der Waals surface area contributed by atoms with Crippen molar-refractivity contribution in [3.05, 3.63) is 28.8 Å². The average Bonchev–Trinajstić information content (AvgIpc) is 2.27. The van der Waals surface area contributed by atoms with Crippen molar-refractivity contribution in [3.63, 3.8) is 0 Å². The molecule has 4 heteroatoms. The van der Waals surface area contributed by atoms with Gasteiger partial charge in [-0.2, -0.15) is 5.26 Å². The summed E-state index contributed by atoms with van der Waals surface area (Å²) < 4.78 is 5.25. The minimum atomic E-state index is -0.255. The lowest BCUT2D eigenvalue weighted by molar-refractivity contribution is 0.100. The molecule has 0 spiro atoms. The highest BCUT2D eigenvalue weighted by atomic mass is 16.5. The van der Waals surface area contributed by atoms with Crippen LogP contribution in [0.3, 0.4) is 0 Å². The summed E-state index contributed by atoms with van der Waals surface area (Å²) in [5.74, 6) is 0.0335. The second-order valence-corrected chi connectivity index (χ2v) is 3.16. The molecule has 0 unspecified atom stereocenters. The van der Waals surface area contributed by atoms with Gasteiger partial charge in [0.15, 0.2) is 12.1 Å². The summed E-state index contributed by atoms with van der Waals surface area (Å²) in [5.41, 5.74) is 0.724. The first-order valence-corrected chi connectivity index (χ1v) is 4.81. The van der Waals surface area contributed by atoms with Gasteiger partial charge >= 0.3 is 0 Å². The van der Waals surface area contributed by atoms with Crippen molar-refractivity contribution < 1.29 is 14.3 Å². The van der Waals surface area contributed by atoms with Crippen molar-refractivity contribution >= 4 is 12.1 Å². The standard InChI is InChI=1S/C12H11NO3/c1-3-16-11-5-9(6-13)4-10(7-14)12(11)8(2)15/h4-5,7H,3H2,1-2H3. The van der Waals surface area contributed by atoms with Crippen LogP contribution in [0.1, 0.15) is 40.1 Å². The maximum Gasteiger partial charge on any atom is 0.164 e. The van der Waals surface area contributed by atoms with E-state index in [0.29, 0.717) is 18.5 Å². The molecule has 1 rings (SSSR count). The molecule has 4 nitrogen and oxygen atoms in total. The molecule has 1 aromatic carbocycles. The molecule has 1 aromatic rings. The molecule has 0 aliphatic carbocycles. The average molecular weight is 217 g/mol. The molecule has 0 heterocycles. The molecule has 16 heavy (non-hydrogen) atoms. The van der Waals surface area contributed by atoms with Crippen molar-refractivity contribution in [1.29, 1.82) is 5.26 Å². The van der Waals surface area contributed by atoms with Gasteiger partial charge in [0.05, 0.1) is 23.8 Å². The number of carbonyl (C=O) groups excluding carboxylic acids is 2. The fourth-order valence-corrected chi connectivity index (χ4v) is 1.44. The zero-order valence-electron chi connectivity index (χ0n) is 9.11. The van der Waals surface area contributed by atoms with Gasteiger partial charge < -0.3 is 4.74 Å². The van der Waals surface area contributed by atoms with Gasteiger partial charge in [-0.1, -0.05) is 0 Å². The van der Waals surface area contributed by atoms with Gasteiger partial charge in [-0.15, -0.1) is 0 Å². The SMILES string of the molecule is CCOc1cc(C#N)cc(C=O)c1C(C)=O. The Morgan fingerprint density at radius 1 is 1.56 bits per heavy atom. The van der Waals surface area contributed by atoms with Crippen LogP contribution in [0.4, 0.5) is 0 Å². The van der Waals surface area contributed by atoms with Gasteiger partial charge in [0, 0.05) is 5.56 Å². The highest BCUT2D eigenvalue weighted by molar-refractivity contribution is 6.04. The summed E-state index contributed by atoms with van der Waals surface area (Å²) in [7, 11) is 0. The van der Waals surface area contributed by atoms with Crippen LogP contribution in [-0.4, -0.2) is 18.7 Å². The van der Waals surface area contributed by atoms with E-state index in [-0.39, 0.29) is 22.7 Å². The summed E-state index contributed by atoms with van der Waals surface area (Å²) >= 11 is 0. The quantitative estimate of drug-likeness (QED) is 0.571. The highest BCUT2D eigenvalue weighted by Crippen LogP contribution is 2.24. The number of nitriles is 1. The van der Waals surface area contributed by atoms with E-state index >= 15 is 0 Å². The number of Topliss-reactive ketones (excluding diaryl/α,β-unsaturated/α-hetero) is 1. The van der Waals surface area contributed by atoms with E-state index in [4.69, 9.17) is 10.00 Å². The number of hydrogen-bond acceptors (Lipinski definition) is 4. The molecule has 0 aliphatic heterocycles. The normalized spacial score (nSPS) is 9.31. The lowest BCUT2D eigenvalue weighted by Crippen LogP contribution is -2.05. The zero-order valence-corrected chi connectivity index (χ0v) is 9.11. The van der Waals surface area contributed by atoms with Crippen LogP contribution in [0.25, 0.3) is 0 Å². The van der Waals surface area contributed by atoms with Crippen molar-refractivity contribution in [2.24, 2.45) is 0 Å². The fraction of sp³-hybridized carbons (Fsp3) is 0.250. The molecule has 0 saturated heterocycles. The maximum atomic E-state index is 11.4. The monoisotopic (exact) mass is 217 g/mol. The lowest BCUT2D eigenvalue weighted by atomic mass is 10.0. The van der Waals surface area contributed by atoms with Gasteiger partial charge in [-0.25, -0.2) is 0 Å². The Balaban J connectivity index is 3.48. The molecule has 0 N–H and O–H groups in total. The molecule has 0 atom stereocenters. The number of carbonyl (C=O) groups is 2. The first-order chi connectivity index (χ1) is 7.63. The Morgan fingerprint density at radius 2 is 2.25 bits per heavy atom. The Kier molecular flexibility index (Phi) is 3.78. The fourth-order valence-electron chi connectivity index (χ4n) is 1.44. The van der Waals surface area contributed by atoms with Gasteiger partial charge in [-0.3, -0.25) is 9.59 Å². The topological polar surface area (TPSA) is 67.2 Å². The molecule has 0 amide bonds. The third-order valence-electron chi connectivity index (χ3n) is 2.04. The summed E-state index contributed by atoms with van der Waals surface area (Å²) in [6, 6.07) is 4.76. The van der Waals surface area contributed by atoms with E-state index in [1.807, 2.05) is 6.07 Å². The van der Waals surface area contributed by atoms with Crippen LogP contribution in [0.15, 0.2) is 12.1 Å². The van der Waals surface area contributed by atoms with Crippen molar-refractivity contribution in [3.8, 4) is 11.8 Å². The van der Waals surface area contributed by atoms with Crippen molar-refractivity contribution in [2.45, 2.75) is 13.8 Å². The lowest BCUT2D eigenvalue weighted by Gasteiger charge is -2.10. The van der Waals surface area contributed by atoms with Gasteiger partial charge in [-0.05, 0) is 26.0 Å². The summed E-state index contributed by atoms with van der Waals surface area (Å²) in [6.45, 7) is 3.49. The van der Waals surface area contributed by atoms with E-state index in [9.17, 15) is 9.59 Å². The maximum absolute atomic E-state index is 11.4. The molecular weight excluding hydrogens is 206 g/mol. The number of aldehydes is 1. The predicted molar refractivity (Wildman–Crippen MR) is 57.7 cm³/mol. The van der Waals surface area contributed by atoms with Crippen LogP contribution in [0.2, 0.25) is 0 Å². The Labute approximate surface area is 93.5 Å². The Morgan fingerprint density at radius 3 is 2.69 bits per heavy atom. The minimum Gasteiger partial charge on any atom is -0.493 e. The van der Waals surface area contributed by atoms with Gasteiger partial charge in [0.1, 0.15) is 5.75 Å². The van der Waals surface area contributed by atoms with Crippen LogP contribution >= 0.6 is 0 Å². The Hall–Kier alpha value is -2.15. The third kappa shape index (κ3) is 2.26. The minimum absolute atomic E-state index is 0.190. The molecule has 0 radical (unpaired) electrons. The summed E-state index contributed by atoms with van der Waals surface area (Å²) in [5, 5.41) is 8.77. The first-order valence-electron chi connectivity index (χ1n) is 4.81. The van der Waals surface area contributed by atoms with E-state index in [1.54, 1.807) is 6.92 Å².